The van der Waals surface area contributed by atoms with Crippen molar-refractivity contribution < 1.29 is 0 Å². The van der Waals surface area contributed by atoms with Crippen LogP contribution in [0.4, 0.5) is 0 Å². The lowest BCUT2D eigenvalue weighted by atomic mass is 9.99. The minimum atomic E-state index is 0.422. The van der Waals surface area contributed by atoms with Gasteiger partial charge in [0.05, 0.1) is 0 Å². The van der Waals surface area contributed by atoms with Gasteiger partial charge in [-0.15, -0.1) is 11.6 Å². The first-order chi connectivity index (χ1) is 6.26. The fourth-order valence-electron chi connectivity index (χ4n) is 1.58. The minimum Gasteiger partial charge on any atom is -0.126 e. The van der Waals surface area contributed by atoms with Crippen molar-refractivity contribution in [3.63, 3.8) is 0 Å². The highest BCUT2D eigenvalue weighted by molar-refractivity contribution is 9.10. The molecule has 1 aliphatic carbocycles. The molecule has 0 aliphatic heterocycles. The number of alkyl halides is 1. The Labute approximate surface area is 92.4 Å². The Balaban J connectivity index is 2.14. The van der Waals surface area contributed by atoms with Gasteiger partial charge in [-0.25, -0.2) is 0 Å². The highest BCUT2D eigenvalue weighted by atomic mass is 79.9. The van der Waals surface area contributed by atoms with Crippen molar-refractivity contribution in [2.75, 3.05) is 5.88 Å². The standard InChI is InChI=1S/C11H12BrCl/c12-10-4-2-1-3-9(10)7-11(8-13)5-6-11/h1-4H,5-8H2. The van der Waals surface area contributed by atoms with E-state index in [9.17, 15) is 0 Å². The molecule has 0 heterocycles. The van der Waals surface area contributed by atoms with Crippen molar-refractivity contribution in [1.82, 2.24) is 0 Å². The molecule has 1 aliphatic rings. The van der Waals surface area contributed by atoms with Crippen molar-refractivity contribution in [3.8, 4) is 0 Å². The Kier molecular flexibility index (Phi) is 2.66. The molecule has 0 radical (unpaired) electrons. The molecule has 1 fully saturated rings. The summed E-state index contributed by atoms with van der Waals surface area (Å²) in [5, 5.41) is 0. The van der Waals surface area contributed by atoms with E-state index >= 15 is 0 Å². The first-order valence-corrected chi connectivity index (χ1v) is 5.88. The van der Waals surface area contributed by atoms with Crippen LogP contribution in [0.1, 0.15) is 18.4 Å². The van der Waals surface area contributed by atoms with Gasteiger partial charge in [-0.1, -0.05) is 34.1 Å². The lowest BCUT2D eigenvalue weighted by Crippen LogP contribution is -2.06. The van der Waals surface area contributed by atoms with Crippen molar-refractivity contribution in [2.24, 2.45) is 5.41 Å². The third kappa shape index (κ3) is 2.08. The Morgan fingerprint density at radius 2 is 2.00 bits per heavy atom. The van der Waals surface area contributed by atoms with Crippen LogP contribution in [-0.2, 0) is 6.42 Å². The Morgan fingerprint density at radius 3 is 2.54 bits per heavy atom. The van der Waals surface area contributed by atoms with Crippen LogP contribution in [0.25, 0.3) is 0 Å². The maximum Gasteiger partial charge on any atom is 0.0283 e. The molecule has 2 rings (SSSR count). The molecular formula is C11H12BrCl. The van der Waals surface area contributed by atoms with Gasteiger partial charge in [0.2, 0.25) is 0 Å². The summed E-state index contributed by atoms with van der Waals surface area (Å²) in [6.45, 7) is 0. The average molecular weight is 260 g/mol. The predicted molar refractivity (Wildman–Crippen MR) is 60.2 cm³/mol. The Morgan fingerprint density at radius 1 is 1.31 bits per heavy atom. The Hall–Kier alpha value is -0.0100. The second-order valence-corrected chi connectivity index (χ2v) is 5.02. The number of halogens is 2. The first kappa shape index (κ1) is 9.54. The van der Waals surface area contributed by atoms with Gasteiger partial charge >= 0.3 is 0 Å². The van der Waals surface area contributed by atoms with Crippen LogP contribution in [0.3, 0.4) is 0 Å². The zero-order valence-corrected chi connectivity index (χ0v) is 9.74. The summed E-state index contributed by atoms with van der Waals surface area (Å²) in [4.78, 5) is 0. The van der Waals surface area contributed by atoms with Gasteiger partial charge in [-0.3, -0.25) is 0 Å². The summed E-state index contributed by atoms with van der Waals surface area (Å²) >= 11 is 9.51. The second-order valence-electron chi connectivity index (χ2n) is 3.90. The van der Waals surface area contributed by atoms with E-state index in [4.69, 9.17) is 11.6 Å². The lowest BCUT2D eigenvalue weighted by Gasteiger charge is -2.11. The molecule has 0 spiro atoms. The molecule has 13 heavy (non-hydrogen) atoms. The van der Waals surface area contributed by atoms with Crippen LogP contribution in [-0.4, -0.2) is 5.88 Å². The lowest BCUT2D eigenvalue weighted by molar-refractivity contribution is 0.577. The van der Waals surface area contributed by atoms with Crippen molar-refractivity contribution in [1.29, 1.82) is 0 Å². The molecule has 0 aromatic heterocycles. The molecule has 0 nitrogen and oxygen atoms in total. The second kappa shape index (κ2) is 3.62. The quantitative estimate of drug-likeness (QED) is 0.720. The maximum absolute atomic E-state index is 5.94. The van der Waals surface area contributed by atoms with E-state index in [2.05, 4.69) is 34.1 Å². The van der Waals surface area contributed by atoms with Crippen molar-refractivity contribution in [2.45, 2.75) is 19.3 Å². The van der Waals surface area contributed by atoms with Crippen LogP contribution in [0.15, 0.2) is 28.7 Å². The zero-order valence-electron chi connectivity index (χ0n) is 7.39. The number of rotatable bonds is 3. The van der Waals surface area contributed by atoms with E-state index < -0.39 is 0 Å². The summed E-state index contributed by atoms with van der Waals surface area (Å²) in [5.41, 5.74) is 1.81. The molecule has 1 aromatic carbocycles. The fraction of sp³-hybridized carbons (Fsp3) is 0.455. The first-order valence-electron chi connectivity index (χ1n) is 4.55. The highest BCUT2D eigenvalue weighted by Crippen LogP contribution is 2.49. The topological polar surface area (TPSA) is 0 Å². The average Bonchev–Trinajstić information content (AvgIpc) is 2.90. The summed E-state index contributed by atoms with van der Waals surface area (Å²) < 4.78 is 1.21. The minimum absolute atomic E-state index is 0.422. The summed E-state index contributed by atoms with van der Waals surface area (Å²) in [5.74, 6) is 0.800. The van der Waals surface area contributed by atoms with Gasteiger partial charge in [0.15, 0.2) is 0 Å². The summed E-state index contributed by atoms with van der Waals surface area (Å²) in [6, 6.07) is 8.41. The third-order valence-electron chi connectivity index (χ3n) is 2.76. The molecule has 1 aromatic rings. The molecule has 0 amide bonds. The molecule has 2 heteroatoms. The molecule has 70 valence electrons. The van der Waals surface area contributed by atoms with E-state index in [-0.39, 0.29) is 0 Å². The smallest absolute Gasteiger partial charge is 0.0283 e. The molecular weight excluding hydrogens is 247 g/mol. The molecule has 0 unspecified atom stereocenters. The van der Waals surface area contributed by atoms with Crippen molar-refractivity contribution in [3.05, 3.63) is 34.3 Å². The van der Waals surface area contributed by atoms with E-state index in [1.807, 2.05) is 6.07 Å². The number of benzene rings is 1. The summed E-state index contributed by atoms with van der Waals surface area (Å²) in [7, 11) is 0. The third-order valence-corrected chi connectivity index (χ3v) is 4.10. The van der Waals surface area contributed by atoms with Crippen LogP contribution in [0, 0.1) is 5.41 Å². The van der Waals surface area contributed by atoms with Crippen LogP contribution in [0.2, 0.25) is 0 Å². The van der Waals surface area contributed by atoms with Gasteiger partial charge < -0.3 is 0 Å². The van der Waals surface area contributed by atoms with E-state index in [0.29, 0.717) is 5.41 Å². The normalized spacial score (nSPS) is 18.6. The van der Waals surface area contributed by atoms with Crippen LogP contribution < -0.4 is 0 Å². The maximum atomic E-state index is 5.94. The molecule has 0 N–H and O–H groups in total. The molecule has 1 saturated carbocycles. The van der Waals surface area contributed by atoms with Crippen LogP contribution in [0.5, 0.6) is 0 Å². The monoisotopic (exact) mass is 258 g/mol. The number of hydrogen-bond acceptors (Lipinski definition) is 0. The van der Waals surface area contributed by atoms with Crippen molar-refractivity contribution >= 4 is 27.5 Å². The van der Waals surface area contributed by atoms with Gasteiger partial charge in [-0.2, -0.15) is 0 Å². The SMILES string of the molecule is ClCC1(Cc2ccccc2Br)CC1. The fourth-order valence-corrected chi connectivity index (χ4v) is 2.37. The van der Waals surface area contributed by atoms with Gasteiger partial charge in [0.25, 0.3) is 0 Å². The summed E-state index contributed by atoms with van der Waals surface area (Å²) in [6.07, 6.45) is 3.70. The molecule has 0 bridgehead atoms. The highest BCUT2D eigenvalue weighted by Gasteiger charge is 2.41. The Bertz CT molecular complexity index is 305. The largest absolute Gasteiger partial charge is 0.126 e. The zero-order chi connectivity index (χ0) is 9.31. The van der Waals surface area contributed by atoms with E-state index in [1.54, 1.807) is 0 Å². The van der Waals surface area contributed by atoms with Gasteiger partial charge in [0.1, 0.15) is 0 Å². The molecule has 0 saturated heterocycles. The van der Waals surface area contributed by atoms with Gasteiger partial charge in [-0.05, 0) is 36.3 Å². The van der Waals surface area contributed by atoms with Crippen LogP contribution >= 0.6 is 27.5 Å². The predicted octanol–water partition coefficient (Wildman–Crippen LogP) is 4.01. The van der Waals surface area contributed by atoms with E-state index in [0.717, 1.165) is 12.3 Å². The van der Waals surface area contributed by atoms with Gasteiger partial charge in [0, 0.05) is 10.4 Å². The van der Waals surface area contributed by atoms with E-state index in [1.165, 1.54) is 22.9 Å². The number of hydrogen-bond donors (Lipinski definition) is 0. The molecule has 0 atom stereocenters.